The van der Waals surface area contributed by atoms with Crippen molar-refractivity contribution >= 4 is 33.3 Å². The highest BCUT2D eigenvalue weighted by molar-refractivity contribution is 7.89. The van der Waals surface area contributed by atoms with Gasteiger partial charge in [0.1, 0.15) is 11.5 Å². The Morgan fingerprint density at radius 1 is 1.10 bits per heavy atom. The molecule has 0 saturated carbocycles. The van der Waals surface area contributed by atoms with Crippen LogP contribution < -0.4 is 9.64 Å². The molecule has 1 aliphatic carbocycles. The second kappa shape index (κ2) is 10.8. The van der Waals surface area contributed by atoms with E-state index >= 15 is 0 Å². The highest BCUT2D eigenvalue weighted by atomic mass is 35.5. The van der Waals surface area contributed by atoms with E-state index in [1.807, 2.05) is 18.2 Å². The summed E-state index contributed by atoms with van der Waals surface area (Å²) >= 11 is 6.33. The maximum absolute atomic E-state index is 13.1. The smallest absolute Gasteiger partial charge is 0.341 e. The van der Waals surface area contributed by atoms with E-state index in [0.29, 0.717) is 36.2 Å². The lowest BCUT2D eigenvalue weighted by molar-refractivity contribution is -0.157. The van der Waals surface area contributed by atoms with Gasteiger partial charge in [-0.15, -0.1) is 0 Å². The zero-order valence-corrected chi connectivity index (χ0v) is 23.7. The lowest BCUT2D eigenvalue weighted by Gasteiger charge is -2.41. The maximum atomic E-state index is 13.1. The molecule has 0 radical (unpaired) electrons. The van der Waals surface area contributed by atoms with Crippen LogP contribution in [-0.2, 0) is 32.3 Å². The van der Waals surface area contributed by atoms with E-state index in [9.17, 15) is 23.4 Å². The van der Waals surface area contributed by atoms with Gasteiger partial charge in [0.05, 0.1) is 12.3 Å². The standard InChI is InChI=1S/C29H35ClN2O6S/c1-31-14-5-3-2-4-6-15-32-18-28(13-7-8-21-16-23(30)10-11-24(21)28)19-38-26-12-9-22(17-25(26)32)29(35,27(33)34)20-39(31,36)37/h3,5,9-12,16-17,35H,2,4,6-8,13-15,18-20H2,1H3,(H,33,34)/b5-3+/t28-,29-/m0/s1. The van der Waals surface area contributed by atoms with Crippen LogP contribution in [0.5, 0.6) is 5.75 Å². The number of likely N-dealkylation sites (N-methyl/N-ethyl adjacent to an activating group) is 1. The predicted octanol–water partition coefficient (Wildman–Crippen LogP) is 4.09. The number of halogens is 1. The van der Waals surface area contributed by atoms with Crippen LogP contribution in [0.3, 0.4) is 0 Å². The molecular weight excluding hydrogens is 540 g/mol. The van der Waals surface area contributed by atoms with Crippen molar-refractivity contribution in [1.29, 1.82) is 0 Å². The van der Waals surface area contributed by atoms with Gasteiger partial charge < -0.3 is 19.8 Å². The molecule has 2 bridgehead atoms. The third-order valence-electron chi connectivity index (χ3n) is 8.31. The number of aliphatic hydroxyl groups is 1. The lowest BCUT2D eigenvalue weighted by Crippen LogP contribution is -2.46. The van der Waals surface area contributed by atoms with Gasteiger partial charge in [-0.3, -0.25) is 0 Å². The number of ether oxygens (including phenoxy) is 1. The molecule has 2 aromatic carbocycles. The molecule has 2 atom stereocenters. The molecule has 39 heavy (non-hydrogen) atoms. The zero-order chi connectivity index (χ0) is 27.8. The number of aliphatic carboxylic acids is 1. The number of sulfonamides is 1. The summed E-state index contributed by atoms with van der Waals surface area (Å²) in [5, 5.41) is 22.2. The number of carbonyl (C=O) groups is 1. The highest BCUT2D eigenvalue weighted by Crippen LogP contribution is 2.45. The Hall–Kier alpha value is -2.59. The van der Waals surface area contributed by atoms with Crippen molar-refractivity contribution in [2.45, 2.75) is 49.5 Å². The van der Waals surface area contributed by atoms with Crippen LogP contribution in [0.25, 0.3) is 0 Å². The summed E-state index contributed by atoms with van der Waals surface area (Å²) in [7, 11) is -2.70. The van der Waals surface area contributed by atoms with Gasteiger partial charge in [0.2, 0.25) is 15.6 Å². The van der Waals surface area contributed by atoms with E-state index in [4.69, 9.17) is 16.3 Å². The summed E-state index contributed by atoms with van der Waals surface area (Å²) in [5.74, 6) is -2.00. The lowest BCUT2D eigenvalue weighted by atomic mass is 9.70. The van der Waals surface area contributed by atoms with Crippen LogP contribution in [0.4, 0.5) is 5.69 Å². The first kappa shape index (κ1) is 28.0. The number of fused-ring (bicyclic) bond motifs is 3. The summed E-state index contributed by atoms with van der Waals surface area (Å²) in [6, 6.07) is 10.8. The molecule has 2 aromatic rings. The van der Waals surface area contributed by atoms with Crippen LogP contribution in [0.15, 0.2) is 48.6 Å². The average molecular weight is 575 g/mol. The first-order valence-corrected chi connectivity index (χ1v) is 15.4. The van der Waals surface area contributed by atoms with E-state index in [1.54, 1.807) is 18.2 Å². The minimum atomic E-state index is -4.09. The Morgan fingerprint density at radius 3 is 2.72 bits per heavy atom. The van der Waals surface area contributed by atoms with Crippen molar-refractivity contribution in [3.8, 4) is 5.75 Å². The Kier molecular flexibility index (Phi) is 7.72. The van der Waals surface area contributed by atoms with Gasteiger partial charge in [-0.25, -0.2) is 17.5 Å². The van der Waals surface area contributed by atoms with Gasteiger partial charge in [-0.1, -0.05) is 35.9 Å². The number of aryl methyl sites for hydroxylation is 1. The third kappa shape index (κ3) is 5.42. The number of benzene rings is 2. The highest BCUT2D eigenvalue weighted by Gasteiger charge is 2.46. The molecule has 0 aromatic heterocycles. The number of allylic oxidation sites excluding steroid dienone is 1. The predicted molar refractivity (Wildman–Crippen MR) is 151 cm³/mol. The number of nitrogens with zero attached hydrogens (tertiary/aromatic N) is 2. The summed E-state index contributed by atoms with van der Waals surface area (Å²) in [5.41, 5.74) is 0.214. The number of hydrogen-bond donors (Lipinski definition) is 2. The van der Waals surface area contributed by atoms with Crippen LogP contribution in [-0.4, -0.2) is 67.9 Å². The monoisotopic (exact) mass is 574 g/mol. The molecule has 0 unspecified atom stereocenters. The van der Waals surface area contributed by atoms with Gasteiger partial charge >= 0.3 is 5.97 Å². The molecule has 8 nitrogen and oxygen atoms in total. The van der Waals surface area contributed by atoms with Gasteiger partial charge in [0.25, 0.3) is 0 Å². The fourth-order valence-corrected chi connectivity index (χ4v) is 7.62. The van der Waals surface area contributed by atoms with Gasteiger partial charge in [0.15, 0.2) is 0 Å². The Bertz CT molecular complexity index is 1400. The number of rotatable bonds is 1. The number of carboxylic acid groups (broad SMARTS) is 1. The average Bonchev–Trinajstić information content (AvgIpc) is 3.04. The largest absolute Gasteiger partial charge is 0.490 e. The Labute approximate surface area is 234 Å². The molecule has 0 fully saturated rings. The van der Waals surface area contributed by atoms with Crippen LogP contribution >= 0.6 is 11.6 Å². The summed E-state index contributed by atoms with van der Waals surface area (Å²) in [6.45, 7) is 1.92. The van der Waals surface area contributed by atoms with E-state index in [-0.39, 0.29) is 17.5 Å². The summed E-state index contributed by atoms with van der Waals surface area (Å²) < 4.78 is 33.6. The van der Waals surface area contributed by atoms with E-state index in [2.05, 4.69) is 11.0 Å². The van der Waals surface area contributed by atoms with Gasteiger partial charge in [0, 0.05) is 37.1 Å². The van der Waals surface area contributed by atoms with Crippen LogP contribution in [0.1, 0.15) is 48.8 Å². The van der Waals surface area contributed by atoms with Gasteiger partial charge in [-0.05, 0) is 79.5 Å². The SMILES string of the molecule is CN1C/C=C/CCCCN2C[C@@]3(CCCc4cc(Cl)ccc43)COc3ccc(cc32)[C@](O)(C(=O)O)CS1(=O)=O. The minimum Gasteiger partial charge on any atom is -0.490 e. The maximum Gasteiger partial charge on any atom is 0.341 e. The number of hydrogen-bond acceptors (Lipinski definition) is 6. The van der Waals surface area contributed by atoms with E-state index < -0.39 is 27.3 Å². The van der Waals surface area contributed by atoms with Crippen molar-refractivity contribution in [2.24, 2.45) is 0 Å². The van der Waals surface area contributed by atoms with Crippen molar-refractivity contribution < 1.29 is 28.2 Å². The number of anilines is 1. The molecule has 210 valence electrons. The molecule has 0 amide bonds. The molecule has 2 aliphatic heterocycles. The molecule has 2 N–H and O–H groups in total. The topological polar surface area (TPSA) is 107 Å². The van der Waals surface area contributed by atoms with Gasteiger partial charge in [-0.2, -0.15) is 0 Å². The third-order valence-corrected chi connectivity index (χ3v) is 10.4. The fraction of sp³-hybridized carbons (Fsp3) is 0.483. The molecule has 2 heterocycles. The molecular formula is C29H35ClN2O6S. The molecule has 1 spiro atoms. The normalized spacial score (nSPS) is 28.3. The summed E-state index contributed by atoms with van der Waals surface area (Å²) in [6.07, 6.45) is 9.22. The first-order chi connectivity index (χ1) is 18.5. The van der Waals surface area contributed by atoms with Crippen molar-refractivity contribution in [2.75, 3.05) is 43.9 Å². The van der Waals surface area contributed by atoms with Crippen molar-refractivity contribution in [1.82, 2.24) is 4.31 Å². The molecule has 10 heteroatoms. The number of carboxylic acids is 1. The second-order valence-electron chi connectivity index (χ2n) is 11.0. The molecule has 3 aliphatic rings. The Balaban J connectivity index is 1.61. The van der Waals surface area contributed by atoms with Crippen LogP contribution in [0.2, 0.25) is 5.02 Å². The minimum absolute atomic E-state index is 0.0107. The quantitative estimate of drug-likeness (QED) is 0.494. The molecule has 0 saturated heterocycles. The fourth-order valence-electron chi connectivity index (χ4n) is 6.07. The summed E-state index contributed by atoms with van der Waals surface area (Å²) in [4.78, 5) is 14.6. The van der Waals surface area contributed by atoms with Crippen LogP contribution in [0, 0.1) is 0 Å². The molecule has 5 rings (SSSR count). The zero-order valence-electron chi connectivity index (χ0n) is 22.1. The first-order valence-electron chi connectivity index (χ1n) is 13.4. The van der Waals surface area contributed by atoms with Crippen molar-refractivity contribution in [3.63, 3.8) is 0 Å². The van der Waals surface area contributed by atoms with E-state index in [1.165, 1.54) is 24.2 Å². The Morgan fingerprint density at radius 2 is 1.92 bits per heavy atom. The van der Waals surface area contributed by atoms with Crippen molar-refractivity contribution in [3.05, 3.63) is 70.3 Å². The van der Waals surface area contributed by atoms with E-state index in [0.717, 1.165) is 42.8 Å². The second-order valence-corrected chi connectivity index (χ2v) is 13.5.